The maximum Gasteiger partial charge on any atom is 0.287 e. The zero-order chi connectivity index (χ0) is 11.3. The maximum atomic E-state index is 11.6. The second-order valence-corrected chi connectivity index (χ2v) is 4.31. The summed E-state index contributed by atoms with van der Waals surface area (Å²) in [6.07, 6.45) is 0. The molecule has 0 fully saturated rings. The molecule has 0 aliphatic rings. The van der Waals surface area contributed by atoms with Crippen molar-refractivity contribution in [3.8, 4) is 0 Å². The largest absolute Gasteiger partial charge is 0.444 e. The molecule has 0 bridgehead atoms. The van der Waals surface area contributed by atoms with Gasteiger partial charge in [0.05, 0.1) is 12.6 Å². The maximum absolute atomic E-state index is 11.6. The summed E-state index contributed by atoms with van der Waals surface area (Å²) in [4.78, 5) is 11.6. The molecule has 15 heavy (non-hydrogen) atoms. The number of methoxy groups -OCH3 is 1. The molecule has 1 amide bonds. The first-order chi connectivity index (χ1) is 7.17. The van der Waals surface area contributed by atoms with Crippen LogP contribution in [-0.4, -0.2) is 31.0 Å². The molecular formula is C9H11Br2NO3. The Morgan fingerprint density at radius 1 is 1.67 bits per heavy atom. The predicted molar refractivity (Wildman–Crippen MR) is 63.3 cm³/mol. The van der Waals surface area contributed by atoms with E-state index < -0.39 is 0 Å². The number of hydrogen-bond acceptors (Lipinski definition) is 3. The lowest BCUT2D eigenvalue weighted by molar-refractivity contribution is 0.0879. The third-order valence-corrected chi connectivity index (χ3v) is 2.89. The van der Waals surface area contributed by atoms with Crippen molar-refractivity contribution < 1.29 is 13.9 Å². The Morgan fingerprint density at radius 2 is 2.40 bits per heavy atom. The van der Waals surface area contributed by atoms with Gasteiger partial charge in [-0.2, -0.15) is 0 Å². The standard InChI is InChI=1S/C9H11Br2NO3/c1-14-5-6(4-10)12-9(13)7-2-3-8(11)15-7/h2-3,6H,4-5H2,1H3,(H,12,13). The van der Waals surface area contributed by atoms with E-state index in [1.165, 1.54) is 0 Å². The minimum Gasteiger partial charge on any atom is -0.444 e. The van der Waals surface area contributed by atoms with Crippen LogP contribution in [-0.2, 0) is 4.74 Å². The monoisotopic (exact) mass is 339 g/mol. The molecule has 0 spiro atoms. The molecule has 0 radical (unpaired) electrons. The molecule has 1 heterocycles. The van der Waals surface area contributed by atoms with Crippen LogP contribution in [0.4, 0.5) is 0 Å². The quantitative estimate of drug-likeness (QED) is 0.836. The zero-order valence-corrected chi connectivity index (χ0v) is 11.3. The van der Waals surface area contributed by atoms with E-state index in [0.29, 0.717) is 16.6 Å². The minimum absolute atomic E-state index is 0.0635. The number of halogens is 2. The van der Waals surface area contributed by atoms with Gasteiger partial charge in [-0.15, -0.1) is 0 Å². The van der Waals surface area contributed by atoms with Crippen LogP contribution in [0.5, 0.6) is 0 Å². The Labute approximate surface area is 105 Å². The molecule has 4 nitrogen and oxygen atoms in total. The van der Waals surface area contributed by atoms with Crippen LogP contribution in [0.25, 0.3) is 0 Å². The summed E-state index contributed by atoms with van der Waals surface area (Å²) in [6, 6.07) is 3.22. The minimum atomic E-state index is -0.248. The molecule has 1 unspecified atom stereocenters. The van der Waals surface area contributed by atoms with Gasteiger partial charge in [-0.1, -0.05) is 15.9 Å². The molecule has 0 saturated carbocycles. The van der Waals surface area contributed by atoms with E-state index in [1.807, 2.05) is 0 Å². The number of ether oxygens (including phenoxy) is 1. The Hall–Kier alpha value is -0.330. The SMILES string of the molecule is COCC(CBr)NC(=O)c1ccc(Br)o1. The van der Waals surface area contributed by atoms with Crippen molar-refractivity contribution >= 4 is 37.8 Å². The van der Waals surface area contributed by atoms with Gasteiger partial charge in [-0.25, -0.2) is 0 Å². The molecule has 1 rings (SSSR count). The Bertz CT molecular complexity index is 327. The third kappa shape index (κ3) is 3.96. The average molecular weight is 341 g/mol. The highest BCUT2D eigenvalue weighted by Gasteiger charge is 2.15. The summed E-state index contributed by atoms with van der Waals surface area (Å²) in [5.74, 6) is 0.0335. The third-order valence-electron chi connectivity index (χ3n) is 1.69. The molecule has 1 aromatic heterocycles. The Kier molecular flexibility index (Phi) is 5.35. The summed E-state index contributed by atoms with van der Waals surface area (Å²) in [6.45, 7) is 0.457. The highest BCUT2D eigenvalue weighted by Crippen LogP contribution is 2.13. The van der Waals surface area contributed by atoms with E-state index in [-0.39, 0.29) is 17.7 Å². The fraction of sp³-hybridized carbons (Fsp3) is 0.444. The van der Waals surface area contributed by atoms with E-state index in [2.05, 4.69) is 37.2 Å². The molecule has 6 heteroatoms. The van der Waals surface area contributed by atoms with Gasteiger partial charge < -0.3 is 14.5 Å². The van der Waals surface area contributed by atoms with E-state index >= 15 is 0 Å². The molecule has 0 aromatic carbocycles. The van der Waals surface area contributed by atoms with Crippen LogP contribution >= 0.6 is 31.9 Å². The van der Waals surface area contributed by atoms with Crippen molar-refractivity contribution in [3.63, 3.8) is 0 Å². The van der Waals surface area contributed by atoms with Crippen LogP contribution in [0.15, 0.2) is 21.2 Å². The van der Waals surface area contributed by atoms with Crippen molar-refractivity contribution in [2.75, 3.05) is 19.0 Å². The molecule has 0 aliphatic heterocycles. The molecule has 0 aliphatic carbocycles. The van der Waals surface area contributed by atoms with Crippen molar-refractivity contribution in [2.45, 2.75) is 6.04 Å². The van der Waals surface area contributed by atoms with Gasteiger partial charge in [-0.3, -0.25) is 4.79 Å². The van der Waals surface area contributed by atoms with Gasteiger partial charge >= 0.3 is 0 Å². The lowest BCUT2D eigenvalue weighted by Crippen LogP contribution is -2.39. The summed E-state index contributed by atoms with van der Waals surface area (Å²) < 4.78 is 10.6. The lowest BCUT2D eigenvalue weighted by Gasteiger charge is -2.13. The number of furan rings is 1. The number of alkyl halides is 1. The summed E-state index contributed by atoms with van der Waals surface area (Å²) >= 11 is 6.42. The topological polar surface area (TPSA) is 51.5 Å². The average Bonchev–Trinajstić information content (AvgIpc) is 2.64. The van der Waals surface area contributed by atoms with Crippen molar-refractivity contribution in [2.24, 2.45) is 0 Å². The van der Waals surface area contributed by atoms with Crippen molar-refractivity contribution in [1.29, 1.82) is 0 Å². The number of nitrogens with one attached hydrogen (secondary N) is 1. The van der Waals surface area contributed by atoms with Crippen molar-refractivity contribution in [1.82, 2.24) is 5.32 Å². The molecule has 1 atom stereocenters. The number of carbonyl (C=O) groups excluding carboxylic acids is 1. The number of rotatable bonds is 5. The first-order valence-corrected chi connectivity index (χ1v) is 6.20. The summed E-state index contributed by atoms with van der Waals surface area (Å²) in [7, 11) is 1.59. The van der Waals surface area contributed by atoms with Gasteiger partial charge in [-0.05, 0) is 28.1 Å². The van der Waals surface area contributed by atoms with Gasteiger partial charge in [0.1, 0.15) is 0 Å². The van der Waals surface area contributed by atoms with E-state index in [9.17, 15) is 4.79 Å². The molecule has 1 aromatic rings. The molecular weight excluding hydrogens is 330 g/mol. The highest BCUT2D eigenvalue weighted by molar-refractivity contribution is 9.10. The van der Waals surface area contributed by atoms with Crippen LogP contribution in [0.2, 0.25) is 0 Å². The second-order valence-electron chi connectivity index (χ2n) is 2.88. The van der Waals surface area contributed by atoms with Crippen LogP contribution in [0.3, 0.4) is 0 Å². The highest BCUT2D eigenvalue weighted by atomic mass is 79.9. The number of hydrogen-bond donors (Lipinski definition) is 1. The molecule has 0 saturated heterocycles. The van der Waals surface area contributed by atoms with Crippen molar-refractivity contribution in [3.05, 3.63) is 22.6 Å². The fourth-order valence-corrected chi connectivity index (χ4v) is 1.67. The summed E-state index contributed by atoms with van der Waals surface area (Å²) in [5, 5.41) is 3.41. The van der Waals surface area contributed by atoms with E-state index in [1.54, 1.807) is 19.2 Å². The smallest absolute Gasteiger partial charge is 0.287 e. The van der Waals surface area contributed by atoms with Gasteiger partial charge in [0.2, 0.25) is 0 Å². The number of carbonyl (C=O) groups is 1. The first kappa shape index (κ1) is 12.7. The Balaban J connectivity index is 2.54. The van der Waals surface area contributed by atoms with E-state index in [0.717, 1.165) is 0 Å². The number of amides is 1. The van der Waals surface area contributed by atoms with Crippen LogP contribution in [0.1, 0.15) is 10.6 Å². The lowest BCUT2D eigenvalue weighted by atomic mass is 10.3. The predicted octanol–water partition coefficient (Wildman–Crippen LogP) is 2.18. The van der Waals surface area contributed by atoms with Gasteiger partial charge in [0, 0.05) is 12.4 Å². The molecule has 84 valence electrons. The normalized spacial score (nSPS) is 12.5. The fourth-order valence-electron chi connectivity index (χ4n) is 1.02. The first-order valence-electron chi connectivity index (χ1n) is 4.28. The van der Waals surface area contributed by atoms with E-state index in [4.69, 9.17) is 9.15 Å². The molecule has 1 N–H and O–H groups in total. The zero-order valence-electron chi connectivity index (χ0n) is 8.13. The van der Waals surface area contributed by atoms with Crippen LogP contribution in [0, 0.1) is 0 Å². The summed E-state index contributed by atoms with van der Waals surface area (Å²) in [5.41, 5.74) is 0. The van der Waals surface area contributed by atoms with Crippen LogP contribution < -0.4 is 5.32 Å². The van der Waals surface area contributed by atoms with Gasteiger partial charge in [0.15, 0.2) is 10.4 Å². The van der Waals surface area contributed by atoms with Gasteiger partial charge in [0.25, 0.3) is 5.91 Å². The Morgan fingerprint density at radius 3 is 2.87 bits per heavy atom. The second kappa shape index (κ2) is 6.30.